The molecule has 2 aromatic rings. The topological polar surface area (TPSA) is 49.3 Å². The molecule has 0 atom stereocenters. The Bertz CT molecular complexity index is 919. The second-order valence-corrected chi connectivity index (χ2v) is 8.00. The van der Waals surface area contributed by atoms with Gasteiger partial charge in [-0.25, -0.2) is 9.97 Å². The maximum Gasteiger partial charge on any atom is 0.416 e. The van der Waals surface area contributed by atoms with E-state index >= 15 is 0 Å². The fourth-order valence-corrected chi connectivity index (χ4v) is 3.75. The molecule has 1 aromatic heterocycles. The lowest BCUT2D eigenvalue weighted by atomic mass is 10.0. The summed E-state index contributed by atoms with van der Waals surface area (Å²) in [7, 11) is 0. The van der Waals surface area contributed by atoms with Crippen molar-refractivity contribution in [1.29, 1.82) is 0 Å². The van der Waals surface area contributed by atoms with E-state index in [4.69, 9.17) is 0 Å². The normalized spacial score (nSPS) is 15.1. The standard InChI is InChI=1S/C22H27F3N4O/c1-14(2)21(30)29-10-8-28(9-11-29)20-19(15(3)26-16(4)27-20)13-17-6-5-7-18(12-17)22(23,24)25/h5-7,12,14H,8-11,13H2,1-4H3. The van der Waals surface area contributed by atoms with Gasteiger partial charge in [0, 0.05) is 49.8 Å². The number of halogens is 3. The van der Waals surface area contributed by atoms with Gasteiger partial charge in [0.15, 0.2) is 0 Å². The molecular formula is C22H27F3N4O. The van der Waals surface area contributed by atoms with Crippen molar-refractivity contribution in [2.45, 2.75) is 40.3 Å². The number of hydrogen-bond acceptors (Lipinski definition) is 4. The van der Waals surface area contributed by atoms with Crippen LogP contribution in [-0.4, -0.2) is 47.0 Å². The average molecular weight is 420 g/mol. The first kappa shape index (κ1) is 22.1. The maximum absolute atomic E-state index is 13.1. The lowest BCUT2D eigenvalue weighted by molar-refractivity contribution is -0.137. The number of amides is 1. The second-order valence-electron chi connectivity index (χ2n) is 8.00. The molecule has 1 amide bonds. The molecule has 30 heavy (non-hydrogen) atoms. The van der Waals surface area contributed by atoms with Crippen LogP contribution in [0, 0.1) is 19.8 Å². The highest BCUT2D eigenvalue weighted by molar-refractivity contribution is 5.78. The molecule has 0 N–H and O–H groups in total. The highest BCUT2D eigenvalue weighted by atomic mass is 19.4. The summed E-state index contributed by atoms with van der Waals surface area (Å²) in [6.07, 6.45) is -4.06. The summed E-state index contributed by atoms with van der Waals surface area (Å²) in [5, 5.41) is 0. The Hall–Kier alpha value is -2.64. The smallest absolute Gasteiger partial charge is 0.353 e. The van der Waals surface area contributed by atoms with Crippen LogP contribution in [0.5, 0.6) is 0 Å². The van der Waals surface area contributed by atoms with Crippen LogP contribution in [0.3, 0.4) is 0 Å². The molecule has 2 heterocycles. The summed E-state index contributed by atoms with van der Waals surface area (Å²) in [6, 6.07) is 5.38. The Balaban J connectivity index is 1.86. The van der Waals surface area contributed by atoms with E-state index in [2.05, 4.69) is 14.9 Å². The third kappa shape index (κ3) is 4.91. The lowest BCUT2D eigenvalue weighted by Gasteiger charge is -2.37. The number of alkyl halides is 3. The first-order chi connectivity index (χ1) is 14.1. The van der Waals surface area contributed by atoms with Gasteiger partial charge in [-0.1, -0.05) is 32.0 Å². The van der Waals surface area contributed by atoms with Gasteiger partial charge < -0.3 is 9.80 Å². The van der Waals surface area contributed by atoms with Crippen molar-refractivity contribution in [2.24, 2.45) is 5.92 Å². The largest absolute Gasteiger partial charge is 0.416 e. The highest BCUT2D eigenvalue weighted by Crippen LogP contribution is 2.31. The van der Waals surface area contributed by atoms with Crippen molar-refractivity contribution in [2.75, 3.05) is 31.1 Å². The number of carbonyl (C=O) groups excluding carboxylic acids is 1. The van der Waals surface area contributed by atoms with Crippen LogP contribution >= 0.6 is 0 Å². The summed E-state index contributed by atoms with van der Waals surface area (Å²) in [4.78, 5) is 25.3. The Morgan fingerprint density at radius 3 is 2.37 bits per heavy atom. The highest BCUT2D eigenvalue weighted by Gasteiger charge is 2.31. The van der Waals surface area contributed by atoms with Gasteiger partial charge in [-0.05, 0) is 25.5 Å². The molecule has 1 aliphatic heterocycles. The van der Waals surface area contributed by atoms with Crippen molar-refractivity contribution in [3.8, 4) is 0 Å². The maximum atomic E-state index is 13.1. The number of aryl methyl sites for hydroxylation is 2. The van der Waals surface area contributed by atoms with E-state index in [0.29, 0.717) is 44.0 Å². The van der Waals surface area contributed by atoms with Crippen molar-refractivity contribution in [3.63, 3.8) is 0 Å². The van der Waals surface area contributed by atoms with Crippen LogP contribution in [-0.2, 0) is 17.4 Å². The number of benzene rings is 1. The molecule has 0 radical (unpaired) electrons. The minimum Gasteiger partial charge on any atom is -0.353 e. The van der Waals surface area contributed by atoms with Gasteiger partial charge in [-0.15, -0.1) is 0 Å². The van der Waals surface area contributed by atoms with E-state index in [1.165, 1.54) is 12.1 Å². The van der Waals surface area contributed by atoms with E-state index in [9.17, 15) is 18.0 Å². The Kier molecular flexibility index (Phi) is 6.33. The van der Waals surface area contributed by atoms with Crippen LogP contribution in [0.2, 0.25) is 0 Å². The molecular weight excluding hydrogens is 393 g/mol. The van der Waals surface area contributed by atoms with E-state index in [1.54, 1.807) is 6.07 Å². The number of piperazine rings is 1. The summed E-state index contributed by atoms with van der Waals surface area (Å²) in [5.41, 5.74) is 1.49. The fraction of sp³-hybridized carbons (Fsp3) is 0.500. The monoisotopic (exact) mass is 420 g/mol. The van der Waals surface area contributed by atoms with Crippen molar-refractivity contribution >= 4 is 11.7 Å². The van der Waals surface area contributed by atoms with E-state index < -0.39 is 11.7 Å². The van der Waals surface area contributed by atoms with Crippen molar-refractivity contribution in [3.05, 3.63) is 52.5 Å². The van der Waals surface area contributed by atoms with Gasteiger partial charge in [0.05, 0.1) is 5.56 Å². The SMILES string of the molecule is Cc1nc(C)c(Cc2cccc(C(F)(F)F)c2)c(N2CCN(C(=O)C(C)C)CC2)n1. The second kappa shape index (κ2) is 8.62. The van der Waals surface area contributed by atoms with E-state index in [1.807, 2.05) is 32.6 Å². The Morgan fingerprint density at radius 1 is 1.10 bits per heavy atom. The Morgan fingerprint density at radius 2 is 1.77 bits per heavy atom. The van der Waals surface area contributed by atoms with Crippen molar-refractivity contribution in [1.82, 2.24) is 14.9 Å². The van der Waals surface area contributed by atoms with Crippen LogP contribution in [0.25, 0.3) is 0 Å². The third-order valence-corrected chi connectivity index (χ3v) is 5.32. The molecule has 1 aliphatic rings. The van der Waals surface area contributed by atoms with E-state index in [-0.39, 0.29) is 11.8 Å². The van der Waals surface area contributed by atoms with E-state index in [0.717, 1.165) is 23.1 Å². The quantitative estimate of drug-likeness (QED) is 0.750. The molecule has 0 spiro atoms. The molecule has 1 aromatic carbocycles. The number of nitrogens with zero attached hydrogens (tertiary/aromatic N) is 4. The molecule has 8 heteroatoms. The third-order valence-electron chi connectivity index (χ3n) is 5.32. The van der Waals surface area contributed by atoms with Gasteiger partial charge in [-0.2, -0.15) is 13.2 Å². The lowest BCUT2D eigenvalue weighted by Crippen LogP contribution is -2.50. The number of anilines is 1. The number of carbonyl (C=O) groups is 1. The van der Waals surface area contributed by atoms with Crippen LogP contribution in [0.1, 0.15) is 42.1 Å². The first-order valence-corrected chi connectivity index (χ1v) is 10.1. The summed E-state index contributed by atoms with van der Waals surface area (Å²) >= 11 is 0. The van der Waals surface area contributed by atoms with Crippen LogP contribution < -0.4 is 4.90 Å². The minimum absolute atomic E-state index is 0.0449. The van der Waals surface area contributed by atoms with Gasteiger partial charge in [0.25, 0.3) is 0 Å². The zero-order valence-electron chi connectivity index (χ0n) is 17.8. The van der Waals surface area contributed by atoms with Crippen LogP contribution in [0.4, 0.5) is 19.0 Å². The van der Waals surface area contributed by atoms with Gasteiger partial charge >= 0.3 is 6.18 Å². The van der Waals surface area contributed by atoms with Gasteiger partial charge in [0.2, 0.25) is 5.91 Å². The number of aromatic nitrogens is 2. The molecule has 162 valence electrons. The average Bonchev–Trinajstić information content (AvgIpc) is 2.69. The molecule has 1 saturated heterocycles. The minimum atomic E-state index is -4.38. The molecule has 0 saturated carbocycles. The predicted octanol–water partition coefficient (Wildman–Crippen LogP) is 4.01. The molecule has 0 unspecified atom stereocenters. The van der Waals surface area contributed by atoms with Gasteiger partial charge in [0.1, 0.15) is 11.6 Å². The summed E-state index contributed by atoms with van der Waals surface area (Å²) < 4.78 is 39.3. The molecule has 0 aliphatic carbocycles. The fourth-order valence-electron chi connectivity index (χ4n) is 3.75. The number of rotatable bonds is 4. The molecule has 1 fully saturated rings. The number of hydrogen-bond donors (Lipinski definition) is 0. The predicted molar refractivity (Wildman–Crippen MR) is 109 cm³/mol. The van der Waals surface area contributed by atoms with Gasteiger partial charge in [-0.3, -0.25) is 4.79 Å². The molecule has 3 rings (SSSR count). The zero-order chi connectivity index (χ0) is 22.1. The summed E-state index contributed by atoms with van der Waals surface area (Å²) in [5.74, 6) is 1.45. The summed E-state index contributed by atoms with van der Waals surface area (Å²) in [6.45, 7) is 9.90. The molecule has 0 bridgehead atoms. The first-order valence-electron chi connectivity index (χ1n) is 10.1. The molecule has 5 nitrogen and oxygen atoms in total. The van der Waals surface area contributed by atoms with Crippen molar-refractivity contribution < 1.29 is 18.0 Å². The zero-order valence-corrected chi connectivity index (χ0v) is 17.8. The Labute approximate surface area is 174 Å². The van der Waals surface area contributed by atoms with Crippen LogP contribution in [0.15, 0.2) is 24.3 Å².